The molecule has 1 heterocycles. The summed E-state index contributed by atoms with van der Waals surface area (Å²) in [6.07, 6.45) is 6.31. The van der Waals surface area contributed by atoms with E-state index in [2.05, 4.69) is 18.0 Å². The van der Waals surface area contributed by atoms with Gasteiger partial charge in [0.15, 0.2) is 0 Å². The van der Waals surface area contributed by atoms with Gasteiger partial charge in [-0.15, -0.1) is 0 Å². The number of hydrogen-bond donors (Lipinski definition) is 1. The Labute approximate surface area is 96.9 Å². The quantitative estimate of drug-likeness (QED) is 0.722. The molecule has 3 rings (SSSR count). The fourth-order valence-electron chi connectivity index (χ4n) is 3.56. The molecule has 1 aliphatic carbocycles. The lowest BCUT2D eigenvalue weighted by Crippen LogP contribution is -2.46. The molecule has 1 saturated carbocycles. The van der Waals surface area contributed by atoms with Gasteiger partial charge in [0.2, 0.25) is 0 Å². The maximum atomic E-state index is 9.57. The molecule has 0 amide bonds. The van der Waals surface area contributed by atoms with E-state index >= 15 is 0 Å². The van der Waals surface area contributed by atoms with Crippen molar-refractivity contribution in [3.63, 3.8) is 0 Å². The standard InChI is InChI=1S/C14H19NO/c1-15-9-6-11-10-12(16)4-5-13(11)14(15)7-2-3-8-14/h4-5,10,16H,2-3,6-9H2,1H3. The zero-order valence-electron chi connectivity index (χ0n) is 9.87. The van der Waals surface area contributed by atoms with Crippen molar-refractivity contribution in [2.75, 3.05) is 13.6 Å². The highest BCUT2D eigenvalue weighted by Crippen LogP contribution is 2.47. The molecule has 1 aromatic carbocycles. The van der Waals surface area contributed by atoms with E-state index in [1.54, 1.807) is 0 Å². The number of likely N-dealkylation sites (N-methyl/N-ethyl adjacent to an activating group) is 1. The molecule has 1 fully saturated rings. The molecule has 0 aromatic heterocycles. The van der Waals surface area contributed by atoms with Crippen molar-refractivity contribution in [2.24, 2.45) is 0 Å². The van der Waals surface area contributed by atoms with Gasteiger partial charge in [0.1, 0.15) is 5.75 Å². The third kappa shape index (κ3) is 1.29. The van der Waals surface area contributed by atoms with Gasteiger partial charge in [-0.3, -0.25) is 4.90 Å². The Morgan fingerprint density at radius 1 is 1.25 bits per heavy atom. The molecule has 0 saturated heterocycles. The van der Waals surface area contributed by atoms with E-state index in [0.29, 0.717) is 5.75 Å². The van der Waals surface area contributed by atoms with Gasteiger partial charge in [-0.1, -0.05) is 18.9 Å². The smallest absolute Gasteiger partial charge is 0.115 e. The third-order valence-electron chi connectivity index (χ3n) is 4.47. The molecule has 0 bridgehead atoms. The molecule has 1 aromatic rings. The van der Waals surface area contributed by atoms with Crippen molar-refractivity contribution in [1.82, 2.24) is 4.90 Å². The Bertz CT molecular complexity index is 407. The first-order valence-corrected chi connectivity index (χ1v) is 6.26. The van der Waals surface area contributed by atoms with Crippen molar-refractivity contribution in [3.05, 3.63) is 29.3 Å². The van der Waals surface area contributed by atoms with E-state index in [1.165, 1.54) is 36.8 Å². The van der Waals surface area contributed by atoms with Gasteiger partial charge >= 0.3 is 0 Å². The SMILES string of the molecule is CN1CCc2cc(O)ccc2C12CCCC2. The number of rotatable bonds is 0. The fourth-order valence-corrected chi connectivity index (χ4v) is 3.56. The van der Waals surface area contributed by atoms with Gasteiger partial charge in [0.25, 0.3) is 0 Å². The van der Waals surface area contributed by atoms with E-state index in [-0.39, 0.29) is 5.54 Å². The van der Waals surface area contributed by atoms with Crippen molar-refractivity contribution < 1.29 is 5.11 Å². The summed E-state index contributed by atoms with van der Waals surface area (Å²) in [7, 11) is 2.25. The van der Waals surface area contributed by atoms with Crippen molar-refractivity contribution in [3.8, 4) is 5.75 Å². The largest absolute Gasteiger partial charge is 0.508 e. The highest BCUT2D eigenvalue weighted by molar-refractivity contribution is 5.41. The topological polar surface area (TPSA) is 23.5 Å². The van der Waals surface area contributed by atoms with E-state index in [9.17, 15) is 5.11 Å². The van der Waals surface area contributed by atoms with Crippen molar-refractivity contribution >= 4 is 0 Å². The molecular formula is C14H19NO. The highest BCUT2D eigenvalue weighted by atomic mass is 16.3. The van der Waals surface area contributed by atoms with Crippen LogP contribution < -0.4 is 0 Å². The number of fused-ring (bicyclic) bond motifs is 2. The maximum absolute atomic E-state index is 9.57. The van der Waals surface area contributed by atoms with Crippen LogP contribution in [0.5, 0.6) is 5.75 Å². The molecule has 0 atom stereocenters. The predicted molar refractivity (Wildman–Crippen MR) is 64.6 cm³/mol. The monoisotopic (exact) mass is 217 g/mol. The van der Waals surface area contributed by atoms with Crippen molar-refractivity contribution in [1.29, 1.82) is 0 Å². The molecule has 2 aliphatic rings. The van der Waals surface area contributed by atoms with Crippen LogP contribution in [0.1, 0.15) is 36.8 Å². The molecule has 2 nitrogen and oxygen atoms in total. The summed E-state index contributed by atoms with van der Waals surface area (Å²) in [6.45, 7) is 1.12. The minimum atomic E-state index is 0.279. The predicted octanol–water partition coefficient (Wildman–Crippen LogP) is 2.65. The van der Waals surface area contributed by atoms with E-state index < -0.39 is 0 Å². The Kier molecular flexibility index (Phi) is 2.21. The molecule has 2 heteroatoms. The number of phenols is 1. The van der Waals surface area contributed by atoms with Gasteiger partial charge < -0.3 is 5.11 Å². The third-order valence-corrected chi connectivity index (χ3v) is 4.47. The van der Waals surface area contributed by atoms with E-state index in [1.807, 2.05) is 12.1 Å². The first kappa shape index (κ1) is 10.2. The number of benzene rings is 1. The van der Waals surface area contributed by atoms with Crippen LogP contribution in [0.3, 0.4) is 0 Å². The molecule has 86 valence electrons. The number of nitrogens with zero attached hydrogens (tertiary/aromatic N) is 1. The molecule has 0 radical (unpaired) electrons. The normalized spacial score (nSPS) is 23.6. The number of phenolic OH excluding ortho intramolecular Hbond substituents is 1. The molecule has 1 aliphatic heterocycles. The molecular weight excluding hydrogens is 198 g/mol. The van der Waals surface area contributed by atoms with Crippen LogP contribution in [0.4, 0.5) is 0 Å². The Morgan fingerprint density at radius 2 is 2.00 bits per heavy atom. The van der Waals surface area contributed by atoms with Gasteiger partial charge in [0, 0.05) is 12.1 Å². The second-order valence-electron chi connectivity index (χ2n) is 5.25. The molecule has 1 N–H and O–H groups in total. The second-order valence-corrected chi connectivity index (χ2v) is 5.25. The summed E-state index contributed by atoms with van der Waals surface area (Å²) in [6, 6.07) is 5.95. The Balaban J connectivity index is 2.13. The van der Waals surface area contributed by atoms with Gasteiger partial charge in [-0.05, 0) is 49.6 Å². The molecule has 0 unspecified atom stereocenters. The van der Waals surface area contributed by atoms with Crippen LogP contribution in [-0.2, 0) is 12.0 Å². The average molecular weight is 217 g/mol. The van der Waals surface area contributed by atoms with Crippen LogP contribution >= 0.6 is 0 Å². The lowest BCUT2D eigenvalue weighted by Gasteiger charge is -2.44. The minimum absolute atomic E-state index is 0.279. The summed E-state index contributed by atoms with van der Waals surface area (Å²) >= 11 is 0. The Morgan fingerprint density at radius 3 is 2.75 bits per heavy atom. The van der Waals surface area contributed by atoms with Crippen LogP contribution in [0.25, 0.3) is 0 Å². The summed E-state index contributed by atoms with van der Waals surface area (Å²) in [5.74, 6) is 0.413. The summed E-state index contributed by atoms with van der Waals surface area (Å²) in [5.41, 5.74) is 3.11. The second kappa shape index (κ2) is 3.49. The highest BCUT2D eigenvalue weighted by Gasteiger charge is 2.42. The first-order valence-electron chi connectivity index (χ1n) is 6.26. The van der Waals surface area contributed by atoms with Crippen molar-refractivity contribution in [2.45, 2.75) is 37.6 Å². The number of aromatic hydroxyl groups is 1. The molecule has 1 spiro atoms. The van der Waals surface area contributed by atoms with Gasteiger partial charge in [0.05, 0.1) is 0 Å². The Hall–Kier alpha value is -1.02. The lowest BCUT2D eigenvalue weighted by atomic mass is 9.79. The van der Waals surface area contributed by atoms with Crippen LogP contribution in [0, 0.1) is 0 Å². The average Bonchev–Trinajstić information content (AvgIpc) is 2.74. The molecule has 16 heavy (non-hydrogen) atoms. The zero-order chi connectivity index (χ0) is 11.2. The van der Waals surface area contributed by atoms with Gasteiger partial charge in [-0.2, -0.15) is 0 Å². The summed E-state index contributed by atoms with van der Waals surface area (Å²) < 4.78 is 0. The summed E-state index contributed by atoms with van der Waals surface area (Å²) in [4.78, 5) is 2.53. The zero-order valence-corrected chi connectivity index (χ0v) is 9.87. The van der Waals surface area contributed by atoms with Crippen LogP contribution in [0.15, 0.2) is 18.2 Å². The van der Waals surface area contributed by atoms with Crippen LogP contribution in [0.2, 0.25) is 0 Å². The minimum Gasteiger partial charge on any atom is -0.508 e. The van der Waals surface area contributed by atoms with E-state index in [0.717, 1.165) is 13.0 Å². The van der Waals surface area contributed by atoms with Gasteiger partial charge in [-0.25, -0.2) is 0 Å². The maximum Gasteiger partial charge on any atom is 0.115 e. The number of hydrogen-bond acceptors (Lipinski definition) is 2. The van der Waals surface area contributed by atoms with Crippen LogP contribution in [-0.4, -0.2) is 23.6 Å². The summed E-state index contributed by atoms with van der Waals surface area (Å²) in [5, 5.41) is 9.57. The lowest BCUT2D eigenvalue weighted by molar-refractivity contribution is 0.110. The first-order chi connectivity index (χ1) is 7.72. The fraction of sp³-hybridized carbons (Fsp3) is 0.571. The van der Waals surface area contributed by atoms with E-state index in [4.69, 9.17) is 0 Å².